The molecule has 1 amide bonds. The molecule has 0 bridgehead atoms. The number of anilines is 1. The normalized spacial score (nSPS) is 10.1. The number of benzene rings is 1. The van der Waals surface area contributed by atoms with Crippen LogP contribution in [0.5, 0.6) is 0 Å². The second kappa shape index (κ2) is 4.72. The summed E-state index contributed by atoms with van der Waals surface area (Å²) in [6.45, 7) is 2.34. The molecule has 0 saturated heterocycles. The fourth-order valence-corrected chi connectivity index (χ4v) is 1.06. The van der Waals surface area contributed by atoms with Crippen LogP contribution in [0.25, 0.3) is 0 Å². The molecule has 0 saturated carbocycles. The van der Waals surface area contributed by atoms with Crippen molar-refractivity contribution >= 4 is 11.6 Å². The summed E-state index contributed by atoms with van der Waals surface area (Å²) in [5.74, 6) is -2.34. The Kier molecular flexibility index (Phi) is 3.60. The van der Waals surface area contributed by atoms with Gasteiger partial charge in [-0.1, -0.05) is 6.92 Å². The lowest BCUT2D eigenvalue weighted by atomic mass is 10.1. The zero-order chi connectivity index (χ0) is 11.4. The fraction of sp³-hybridized carbons (Fsp3) is 0.300. The van der Waals surface area contributed by atoms with Gasteiger partial charge in [-0.05, 0) is 18.6 Å². The van der Waals surface area contributed by atoms with Crippen molar-refractivity contribution in [1.82, 2.24) is 5.32 Å². The maximum atomic E-state index is 13.0. The molecule has 0 heterocycles. The summed E-state index contributed by atoms with van der Waals surface area (Å²) in [6, 6.07) is 1.84. The zero-order valence-electron chi connectivity index (χ0n) is 8.31. The number of carbonyl (C=O) groups is 1. The predicted molar refractivity (Wildman–Crippen MR) is 53.4 cm³/mol. The first kappa shape index (κ1) is 11.4. The van der Waals surface area contributed by atoms with Crippen molar-refractivity contribution in [1.29, 1.82) is 0 Å². The molecule has 3 N–H and O–H groups in total. The van der Waals surface area contributed by atoms with E-state index in [0.29, 0.717) is 6.54 Å². The number of nitrogens with one attached hydrogen (secondary N) is 1. The van der Waals surface area contributed by atoms with Gasteiger partial charge in [0.05, 0.1) is 0 Å². The van der Waals surface area contributed by atoms with Gasteiger partial charge < -0.3 is 11.1 Å². The number of halogens is 2. The Morgan fingerprint density at radius 2 is 1.93 bits per heavy atom. The lowest BCUT2D eigenvalue weighted by Crippen LogP contribution is -2.24. The molecule has 1 aromatic rings. The minimum atomic E-state index is -0.920. The first-order valence-corrected chi connectivity index (χ1v) is 4.59. The number of nitrogens with two attached hydrogens (primary N) is 1. The van der Waals surface area contributed by atoms with Gasteiger partial charge >= 0.3 is 0 Å². The van der Waals surface area contributed by atoms with Crippen LogP contribution >= 0.6 is 0 Å². The van der Waals surface area contributed by atoms with Crippen molar-refractivity contribution in [3.05, 3.63) is 29.3 Å². The van der Waals surface area contributed by atoms with Crippen molar-refractivity contribution in [2.24, 2.45) is 0 Å². The third kappa shape index (κ3) is 2.65. The van der Waals surface area contributed by atoms with Gasteiger partial charge in [-0.15, -0.1) is 0 Å². The highest BCUT2D eigenvalue weighted by atomic mass is 19.1. The molecule has 1 rings (SSSR count). The van der Waals surface area contributed by atoms with Gasteiger partial charge in [0, 0.05) is 12.1 Å². The van der Waals surface area contributed by atoms with Gasteiger partial charge in [0.15, 0.2) is 0 Å². The highest BCUT2D eigenvalue weighted by Crippen LogP contribution is 2.16. The lowest BCUT2D eigenvalue weighted by Gasteiger charge is -2.05. The van der Waals surface area contributed by atoms with E-state index in [-0.39, 0.29) is 5.56 Å². The summed E-state index contributed by atoms with van der Waals surface area (Å²) in [5, 5.41) is 2.51. The number of rotatable bonds is 3. The number of nitrogen functional groups attached to an aromatic ring is 1. The molecule has 3 nitrogen and oxygen atoms in total. The van der Waals surface area contributed by atoms with Crippen molar-refractivity contribution in [2.45, 2.75) is 13.3 Å². The van der Waals surface area contributed by atoms with E-state index >= 15 is 0 Å². The average molecular weight is 214 g/mol. The molecule has 0 radical (unpaired) electrons. The molecular formula is C10H12F2N2O. The second-order valence-electron chi connectivity index (χ2n) is 3.11. The largest absolute Gasteiger partial charge is 0.394 e. The molecule has 0 aliphatic heterocycles. The van der Waals surface area contributed by atoms with Gasteiger partial charge in [0.25, 0.3) is 5.91 Å². The van der Waals surface area contributed by atoms with Crippen molar-refractivity contribution in [2.75, 3.05) is 12.3 Å². The Hall–Kier alpha value is -1.65. The molecule has 0 aliphatic carbocycles. The van der Waals surface area contributed by atoms with Crippen LogP contribution < -0.4 is 11.1 Å². The highest BCUT2D eigenvalue weighted by molar-refractivity contribution is 5.94. The Balaban J connectivity index is 2.91. The molecule has 5 heteroatoms. The predicted octanol–water partition coefficient (Wildman–Crippen LogP) is 1.69. The topological polar surface area (TPSA) is 55.1 Å². The third-order valence-corrected chi connectivity index (χ3v) is 1.88. The van der Waals surface area contributed by atoms with Crippen molar-refractivity contribution in [3.63, 3.8) is 0 Å². The molecule has 0 fully saturated rings. The van der Waals surface area contributed by atoms with Crippen LogP contribution in [0.1, 0.15) is 23.7 Å². The molecular weight excluding hydrogens is 202 g/mol. The summed E-state index contributed by atoms with van der Waals surface area (Å²) in [7, 11) is 0. The molecule has 0 aliphatic rings. The minimum Gasteiger partial charge on any atom is -0.394 e. The number of amides is 1. The zero-order valence-corrected chi connectivity index (χ0v) is 8.31. The summed E-state index contributed by atoms with van der Waals surface area (Å²) in [4.78, 5) is 11.3. The van der Waals surface area contributed by atoms with Crippen LogP contribution in [0.2, 0.25) is 0 Å². The van der Waals surface area contributed by atoms with Gasteiger partial charge in [-0.3, -0.25) is 4.79 Å². The van der Waals surface area contributed by atoms with Gasteiger partial charge in [-0.25, -0.2) is 8.78 Å². The van der Waals surface area contributed by atoms with E-state index in [1.54, 1.807) is 0 Å². The van der Waals surface area contributed by atoms with Crippen molar-refractivity contribution < 1.29 is 13.6 Å². The summed E-state index contributed by atoms with van der Waals surface area (Å²) in [6.07, 6.45) is 0.756. The van der Waals surface area contributed by atoms with E-state index < -0.39 is 23.2 Å². The summed E-state index contributed by atoms with van der Waals surface area (Å²) < 4.78 is 26.0. The van der Waals surface area contributed by atoms with Crippen LogP contribution in [0, 0.1) is 11.6 Å². The Labute approximate surface area is 86.3 Å². The highest BCUT2D eigenvalue weighted by Gasteiger charge is 2.12. The number of carbonyl (C=O) groups excluding carboxylic acids is 1. The Bertz CT molecular complexity index is 357. The van der Waals surface area contributed by atoms with Gasteiger partial charge in [0.1, 0.15) is 17.3 Å². The van der Waals surface area contributed by atoms with E-state index in [4.69, 9.17) is 5.73 Å². The van der Waals surface area contributed by atoms with E-state index in [2.05, 4.69) is 5.32 Å². The van der Waals surface area contributed by atoms with Crippen LogP contribution in [-0.4, -0.2) is 12.5 Å². The summed E-state index contributed by atoms with van der Waals surface area (Å²) >= 11 is 0. The van der Waals surface area contributed by atoms with Gasteiger partial charge in [0.2, 0.25) is 0 Å². The molecule has 1 aromatic carbocycles. The molecule has 0 spiro atoms. The number of hydrogen-bond acceptors (Lipinski definition) is 2. The maximum Gasteiger partial charge on any atom is 0.251 e. The average Bonchev–Trinajstić information content (AvgIpc) is 2.21. The summed E-state index contributed by atoms with van der Waals surface area (Å²) in [5.41, 5.74) is 4.44. The molecule has 0 unspecified atom stereocenters. The van der Waals surface area contributed by atoms with E-state index in [9.17, 15) is 13.6 Å². The second-order valence-corrected chi connectivity index (χ2v) is 3.11. The molecule has 0 aromatic heterocycles. The van der Waals surface area contributed by atoms with E-state index in [1.165, 1.54) is 0 Å². The van der Waals surface area contributed by atoms with Crippen LogP contribution in [0.15, 0.2) is 12.1 Å². The van der Waals surface area contributed by atoms with E-state index in [1.807, 2.05) is 6.92 Å². The quantitative estimate of drug-likeness (QED) is 0.752. The Morgan fingerprint density at radius 3 is 2.40 bits per heavy atom. The van der Waals surface area contributed by atoms with E-state index in [0.717, 1.165) is 18.6 Å². The lowest BCUT2D eigenvalue weighted by molar-refractivity contribution is 0.0953. The van der Waals surface area contributed by atoms with Crippen LogP contribution in [0.3, 0.4) is 0 Å². The van der Waals surface area contributed by atoms with Crippen molar-refractivity contribution in [3.8, 4) is 0 Å². The van der Waals surface area contributed by atoms with Crippen LogP contribution in [-0.2, 0) is 0 Å². The first-order chi connectivity index (χ1) is 7.06. The third-order valence-electron chi connectivity index (χ3n) is 1.88. The van der Waals surface area contributed by atoms with Gasteiger partial charge in [-0.2, -0.15) is 0 Å². The van der Waals surface area contributed by atoms with Crippen LogP contribution in [0.4, 0.5) is 14.5 Å². The number of hydrogen-bond donors (Lipinski definition) is 2. The molecule has 0 atom stereocenters. The Morgan fingerprint density at radius 1 is 1.40 bits per heavy atom. The fourth-order valence-electron chi connectivity index (χ4n) is 1.06. The molecule has 15 heavy (non-hydrogen) atoms. The first-order valence-electron chi connectivity index (χ1n) is 4.59. The molecule has 82 valence electrons. The minimum absolute atomic E-state index is 0.0624. The maximum absolute atomic E-state index is 13.0. The monoisotopic (exact) mass is 214 g/mol. The SMILES string of the molecule is CCCNC(=O)c1cc(F)c(N)c(F)c1. The standard InChI is InChI=1S/C10H12F2N2O/c1-2-3-14-10(15)6-4-7(11)9(13)8(12)5-6/h4-5H,2-3,13H2,1H3,(H,14,15). The smallest absolute Gasteiger partial charge is 0.251 e.